The van der Waals surface area contributed by atoms with E-state index in [9.17, 15) is 0 Å². The molecular formula is C10H19NO2. The number of ether oxygens (including phenoxy) is 2. The van der Waals surface area contributed by atoms with E-state index in [4.69, 9.17) is 9.47 Å². The SMILES string of the molecule is CC1CNCC(C)(C2CCOC2)O1. The van der Waals surface area contributed by atoms with E-state index in [1.54, 1.807) is 0 Å². The second-order valence-electron chi connectivity index (χ2n) is 4.43. The molecule has 0 aromatic heterocycles. The third kappa shape index (κ3) is 1.87. The summed E-state index contributed by atoms with van der Waals surface area (Å²) in [6.45, 7) is 8.03. The molecule has 0 amide bonds. The Morgan fingerprint density at radius 3 is 2.92 bits per heavy atom. The Kier molecular flexibility index (Phi) is 2.58. The van der Waals surface area contributed by atoms with Crippen molar-refractivity contribution in [2.45, 2.75) is 32.0 Å². The summed E-state index contributed by atoms with van der Waals surface area (Å²) in [4.78, 5) is 0. The highest BCUT2D eigenvalue weighted by atomic mass is 16.5. The first kappa shape index (κ1) is 9.44. The Balaban J connectivity index is 2.00. The van der Waals surface area contributed by atoms with Gasteiger partial charge in [-0.15, -0.1) is 0 Å². The van der Waals surface area contributed by atoms with Gasteiger partial charge in [0.15, 0.2) is 0 Å². The molecule has 0 aromatic rings. The highest BCUT2D eigenvalue weighted by Gasteiger charge is 2.40. The molecule has 2 rings (SSSR count). The molecule has 2 aliphatic rings. The van der Waals surface area contributed by atoms with Gasteiger partial charge in [0, 0.05) is 25.6 Å². The number of nitrogens with one attached hydrogen (secondary N) is 1. The predicted molar refractivity (Wildman–Crippen MR) is 50.7 cm³/mol. The lowest BCUT2D eigenvalue weighted by atomic mass is 9.87. The van der Waals surface area contributed by atoms with E-state index in [2.05, 4.69) is 19.2 Å². The van der Waals surface area contributed by atoms with Gasteiger partial charge in [-0.1, -0.05) is 0 Å². The summed E-state index contributed by atoms with van der Waals surface area (Å²) in [7, 11) is 0. The molecule has 3 unspecified atom stereocenters. The minimum absolute atomic E-state index is 0.00579. The van der Waals surface area contributed by atoms with Gasteiger partial charge in [0.05, 0.1) is 18.3 Å². The van der Waals surface area contributed by atoms with Crippen LogP contribution in [0.2, 0.25) is 0 Å². The standard InChI is InChI=1S/C10H19NO2/c1-8-5-11-7-10(2,13-8)9-3-4-12-6-9/h8-9,11H,3-7H2,1-2H3. The summed E-state index contributed by atoms with van der Waals surface area (Å²) in [5.74, 6) is 0.572. The smallest absolute Gasteiger partial charge is 0.0833 e. The minimum Gasteiger partial charge on any atom is -0.381 e. The first-order valence-corrected chi connectivity index (χ1v) is 5.17. The third-order valence-corrected chi connectivity index (χ3v) is 3.17. The fraction of sp³-hybridized carbons (Fsp3) is 1.00. The zero-order chi connectivity index (χ0) is 9.31. The summed E-state index contributed by atoms with van der Waals surface area (Å²) in [6, 6.07) is 0. The lowest BCUT2D eigenvalue weighted by Crippen LogP contribution is -2.55. The van der Waals surface area contributed by atoms with Crippen molar-refractivity contribution in [1.29, 1.82) is 0 Å². The molecule has 76 valence electrons. The van der Waals surface area contributed by atoms with Crippen LogP contribution in [0.25, 0.3) is 0 Å². The van der Waals surface area contributed by atoms with Gasteiger partial charge in [-0.3, -0.25) is 0 Å². The highest BCUT2D eigenvalue weighted by molar-refractivity contribution is 4.92. The van der Waals surface area contributed by atoms with Crippen molar-refractivity contribution in [2.24, 2.45) is 5.92 Å². The molecule has 3 nitrogen and oxygen atoms in total. The van der Waals surface area contributed by atoms with Crippen LogP contribution < -0.4 is 5.32 Å². The predicted octanol–water partition coefficient (Wildman–Crippen LogP) is 0.790. The van der Waals surface area contributed by atoms with E-state index in [0.29, 0.717) is 12.0 Å². The van der Waals surface area contributed by atoms with Gasteiger partial charge in [-0.05, 0) is 20.3 Å². The average molecular weight is 185 g/mol. The zero-order valence-electron chi connectivity index (χ0n) is 8.51. The Labute approximate surface area is 79.8 Å². The van der Waals surface area contributed by atoms with Crippen molar-refractivity contribution in [3.63, 3.8) is 0 Å². The second-order valence-corrected chi connectivity index (χ2v) is 4.43. The first-order valence-electron chi connectivity index (χ1n) is 5.17. The van der Waals surface area contributed by atoms with E-state index < -0.39 is 0 Å². The topological polar surface area (TPSA) is 30.5 Å². The van der Waals surface area contributed by atoms with Crippen molar-refractivity contribution < 1.29 is 9.47 Å². The molecule has 0 aliphatic carbocycles. The quantitative estimate of drug-likeness (QED) is 0.655. The molecule has 3 heteroatoms. The molecule has 13 heavy (non-hydrogen) atoms. The zero-order valence-corrected chi connectivity index (χ0v) is 8.51. The van der Waals surface area contributed by atoms with Crippen molar-refractivity contribution in [3.05, 3.63) is 0 Å². The molecule has 0 radical (unpaired) electrons. The molecule has 2 heterocycles. The maximum absolute atomic E-state index is 6.02. The lowest BCUT2D eigenvalue weighted by molar-refractivity contribution is -0.130. The number of rotatable bonds is 1. The van der Waals surface area contributed by atoms with E-state index >= 15 is 0 Å². The number of hydrogen-bond acceptors (Lipinski definition) is 3. The molecule has 2 fully saturated rings. The lowest BCUT2D eigenvalue weighted by Gasteiger charge is -2.41. The van der Waals surface area contributed by atoms with Gasteiger partial charge in [-0.25, -0.2) is 0 Å². The third-order valence-electron chi connectivity index (χ3n) is 3.17. The number of hydrogen-bond donors (Lipinski definition) is 1. The number of morpholine rings is 1. The largest absolute Gasteiger partial charge is 0.381 e. The van der Waals surface area contributed by atoms with Crippen LogP contribution in [-0.4, -0.2) is 38.0 Å². The van der Waals surface area contributed by atoms with E-state index in [0.717, 1.165) is 32.7 Å². The molecule has 0 bridgehead atoms. The fourth-order valence-corrected chi connectivity index (χ4v) is 2.32. The summed E-state index contributed by atoms with van der Waals surface area (Å²) < 4.78 is 11.4. The van der Waals surface area contributed by atoms with Gasteiger partial charge in [0.25, 0.3) is 0 Å². The van der Waals surface area contributed by atoms with Gasteiger partial charge in [0.1, 0.15) is 0 Å². The molecule has 0 saturated carbocycles. The minimum atomic E-state index is -0.00579. The van der Waals surface area contributed by atoms with Gasteiger partial charge < -0.3 is 14.8 Å². The van der Waals surface area contributed by atoms with Crippen LogP contribution in [0, 0.1) is 5.92 Å². The van der Waals surface area contributed by atoms with E-state index in [1.165, 1.54) is 0 Å². The molecule has 0 spiro atoms. The summed E-state index contributed by atoms with van der Waals surface area (Å²) >= 11 is 0. The van der Waals surface area contributed by atoms with E-state index in [1.807, 2.05) is 0 Å². The average Bonchev–Trinajstić information content (AvgIpc) is 2.55. The second kappa shape index (κ2) is 3.56. The maximum Gasteiger partial charge on any atom is 0.0833 e. The normalized spacial score (nSPS) is 46.6. The van der Waals surface area contributed by atoms with Crippen LogP contribution in [0.15, 0.2) is 0 Å². The van der Waals surface area contributed by atoms with Crippen LogP contribution in [0.5, 0.6) is 0 Å². The monoisotopic (exact) mass is 185 g/mol. The van der Waals surface area contributed by atoms with Gasteiger partial charge >= 0.3 is 0 Å². The van der Waals surface area contributed by atoms with Crippen LogP contribution >= 0.6 is 0 Å². The highest BCUT2D eigenvalue weighted by Crippen LogP contribution is 2.31. The van der Waals surface area contributed by atoms with Crippen molar-refractivity contribution in [3.8, 4) is 0 Å². The van der Waals surface area contributed by atoms with Crippen molar-refractivity contribution in [2.75, 3.05) is 26.3 Å². The Morgan fingerprint density at radius 1 is 1.46 bits per heavy atom. The van der Waals surface area contributed by atoms with E-state index in [-0.39, 0.29) is 5.60 Å². The Bertz CT molecular complexity index is 180. The van der Waals surface area contributed by atoms with Gasteiger partial charge in [-0.2, -0.15) is 0 Å². The summed E-state index contributed by atoms with van der Waals surface area (Å²) in [5.41, 5.74) is -0.00579. The Hall–Kier alpha value is -0.120. The molecule has 0 aromatic carbocycles. The molecular weight excluding hydrogens is 166 g/mol. The van der Waals surface area contributed by atoms with Crippen molar-refractivity contribution >= 4 is 0 Å². The maximum atomic E-state index is 6.02. The molecule has 1 N–H and O–H groups in total. The Morgan fingerprint density at radius 2 is 2.31 bits per heavy atom. The van der Waals surface area contributed by atoms with Crippen LogP contribution in [0.4, 0.5) is 0 Å². The van der Waals surface area contributed by atoms with Crippen molar-refractivity contribution in [1.82, 2.24) is 5.32 Å². The molecule has 2 saturated heterocycles. The molecule has 3 atom stereocenters. The van der Waals surface area contributed by atoms with Crippen LogP contribution in [-0.2, 0) is 9.47 Å². The summed E-state index contributed by atoms with van der Waals surface area (Å²) in [5, 5.41) is 3.42. The molecule has 2 aliphatic heterocycles. The fourth-order valence-electron chi connectivity index (χ4n) is 2.32. The van der Waals surface area contributed by atoms with Crippen LogP contribution in [0.1, 0.15) is 20.3 Å². The summed E-state index contributed by atoms with van der Waals surface area (Å²) in [6.07, 6.45) is 1.48. The first-order chi connectivity index (χ1) is 6.21. The van der Waals surface area contributed by atoms with Crippen LogP contribution in [0.3, 0.4) is 0 Å². The van der Waals surface area contributed by atoms with Gasteiger partial charge in [0.2, 0.25) is 0 Å².